The Hall–Kier alpha value is -3.25. The Labute approximate surface area is 257 Å². The number of aromatic nitrogens is 1. The third-order valence-electron chi connectivity index (χ3n) is 9.60. The molecule has 2 aliphatic carbocycles. The van der Waals surface area contributed by atoms with E-state index in [0.29, 0.717) is 17.6 Å². The fraction of sp³-hybridized carbons (Fsp3) is 0.606. The first-order valence-corrected chi connectivity index (χ1v) is 15.1. The van der Waals surface area contributed by atoms with Crippen LogP contribution in [0.2, 0.25) is 0 Å². The van der Waals surface area contributed by atoms with Crippen molar-refractivity contribution in [1.29, 1.82) is 0 Å². The van der Waals surface area contributed by atoms with Crippen molar-refractivity contribution in [2.24, 2.45) is 29.6 Å². The molecule has 1 aromatic heterocycles. The van der Waals surface area contributed by atoms with E-state index in [1.807, 2.05) is 39.0 Å². The van der Waals surface area contributed by atoms with Crippen molar-refractivity contribution in [1.82, 2.24) is 4.98 Å². The number of cyclic esters (lactones) is 1. The number of carbonyl (C=O) groups excluding carboxylic acids is 3. The minimum atomic E-state index is -1.36. The molecule has 0 saturated heterocycles. The van der Waals surface area contributed by atoms with Crippen LogP contribution in [0.3, 0.4) is 0 Å². The number of methoxy groups -OCH3 is 2. The van der Waals surface area contributed by atoms with Gasteiger partial charge in [0.1, 0.15) is 17.9 Å². The predicted octanol–water partition coefficient (Wildman–Crippen LogP) is 2.96. The predicted molar refractivity (Wildman–Crippen MR) is 160 cm³/mol. The number of rotatable bonds is 7. The Morgan fingerprint density at radius 2 is 1.93 bits per heavy atom. The molecule has 0 aromatic carbocycles. The maximum atomic E-state index is 13.2. The van der Waals surface area contributed by atoms with E-state index in [1.54, 1.807) is 19.2 Å². The molecule has 3 aliphatic rings. The van der Waals surface area contributed by atoms with Gasteiger partial charge in [0.25, 0.3) is 0 Å². The van der Waals surface area contributed by atoms with E-state index in [1.165, 1.54) is 26.4 Å². The molecular weight excluding hydrogens is 570 g/mol. The topological polar surface area (TPSA) is 165 Å². The number of aliphatic hydroxyl groups is 3. The van der Waals surface area contributed by atoms with Gasteiger partial charge in [0.15, 0.2) is 6.10 Å². The molecular formula is C33H45NO10. The summed E-state index contributed by atoms with van der Waals surface area (Å²) in [6, 6.07) is 1.56. The summed E-state index contributed by atoms with van der Waals surface area (Å²) in [5.41, 5.74) is 0.106. The maximum absolute atomic E-state index is 13.2. The molecule has 44 heavy (non-hydrogen) atoms. The normalized spacial score (nSPS) is 37.9. The lowest BCUT2D eigenvalue weighted by atomic mass is 9.65. The largest absolute Gasteiger partial charge is 0.466 e. The lowest BCUT2D eigenvalue weighted by Gasteiger charge is -2.45. The van der Waals surface area contributed by atoms with E-state index in [2.05, 4.69) is 9.72 Å². The van der Waals surface area contributed by atoms with Gasteiger partial charge in [-0.1, -0.05) is 32.1 Å². The van der Waals surface area contributed by atoms with Gasteiger partial charge in [-0.15, -0.1) is 0 Å². The van der Waals surface area contributed by atoms with Gasteiger partial charge in [-0.3, -0.25) is 0 Å². The first-order valence-electron chi connectivity index (χ1n) is 15.1. The van der Waals surface area contributed by atoms with Crippen molar-refractivity contribution in [2.75, 3.05) is 14.2 Å². The van der Waals surface area contributed by atoms with Crippen LogP contribution in [0.4, 0.5) is 0 Å². The molecule has 4 rings (SSSR count). The molecule has 11 heteroatoms. The second-order valence-corrected chi connectivity index (χ2v) is 12.5. The summed E-state index contributed by atoms with van der Waals surface area (Å²) in [4.78, 5) is 40.5. The van der Waals surface area contributed by atoms with Crippen LogP contribution in [0, 0.1) is 29.6 Å². The lowest BCUT2D eigenvalue weighted by molar-refractivity contribution is -0.171. The van der Waals surface area contributed by atoms with Gasteiger partial charge in [-0.2, -0.15) is 0 Å². The number of hydrogen-bond acceptors (Lipinski definition) is 10. The summed E-state index contributed by atoms with van der Waals surface area (Å²) in [6.45, 7) is 7.06. The number of ether oxygens (including phenoxy) is 4. The summed E-state index contributed by atoms with van der Waals surface area (Å²) in [5.74, 6) is -3.45. The van der Waals surface area contributed by atoms with Crippen LogP contribution in [0.1, 0.15) is 63.0 Å². The Kier molecular flexibility index (Phi) is 10.6. The highest BCUT2D eigenvalue weighted by molar-refractivity contribution is 5.90. The molecule has 0 radical (unpaired) electrons. The van der Waals surface area contributed by atoms with E-state index >= 15 is 0 Å². The molecule has 0 spiro atoms. The first-order chi connectivity index (χ1) is 20.8. The van der Waals surface area contributed by atoms with Crippen LogP contribution in [0.15, 0.2) is 42.1 Å². The zero-order valence-electron chi connectivity index (χ0n) is 26.1. The molecule has 11 atom stereocenters. The maximum Gasteiger partial charge on any atom is 0.355 e. The van der Waals surface area contributed by atoms with E-state index in [9.17, 15) is 29.7 Å². The quantitative estimate of drug-likeness (QED) is 0.155. The number of fused-ring (bicyclic) bond motifs is 1. The molecule has 242 valence electrons. The van der Waals surface area contributed by atoms with E-state index in [-0.39, 0.29) is 36.3 Å². The number of esters is 3. The highest BCUT2D eigenvalue weighted by atomic mass is 16.6. The average Bonchev–Trinajstić information content (AvgIpc) is 3.57. The SMILES string of the molecule is COC(=O)/C=C/c1c[nH]c(C(=O)O[C@@H]2[C@H](C)[C@@H](O)C[C@@H]2[C@@H]2C=CC3C[C@H](OC)C(=O)O[C@H](C(C)O)[C@H](C)/C=C(\C)[C@@]3(O)C2)c1. The van der Waals surface area contributed by atoms with Crippen molar-refractivity contribution in [3.63, 3.8) is 0 Å². The minimum absolute atomic E-state index is 0.169. The second kappa shape index (κ2) is 13.8. The highest BCUT2D eigenvalue weighted by Gasteiger charge is 2.51. The van der Waals surface area contributed by atoms with Crippen LogP contribution in [0.5, 0.6) is 0 Å². The zero-order chi connectivity index (χ0) is 32.3. The Bertz CT molecular complexity index is 1300. The smallest absolute Gasteiger partial charge is 0.355 e. The molecule has 0 bridgehead atoms. The Balaban J connectivity index is 1.60. The molecule has 4 N–H and O–H groups in total. The van der Waals surface area contributed by atoms with Crippen LogP contribution >= 0.6 is 0 Å². The van der Waals surface area contributed by atoms with Crippen molar-refractivity contribution in [3.05, 3.63) is 53.4 Å². The van der Waals surface area contributed by atoms with E-state index in [0.717, 1.165) is 0 Å². The van der Waals surface area contributed by atoms with Crippen molar-refractivity contribution >= 4 is 24.0 Å². The first kappa shape index (κ1) is 33.6. The fourth-order valence-corrected chi connectivity index (χ4v) is 6.94. The van der Waals surface area contributed by atoms with Crippen molar-refractivity contribution < 1.29 is 48.7 Å². The molecule has 11 nitrogen and oxygen atoms in total. The van der Waals surface area contributed by atoms with E-state index in [4.69, 9.17) is 14.2 Å². The van der Waals surface area contributed by atoms with Gasteiger partial charge < -0.3 is 39.3 Å². The van der Waals surface area contributed by atoms with Crippen molar-refractivity contribution in [2.45, 2.75) is 83.1 Å². The molecule has 1 aliphatic heterocycles. The van der Waals surface area contributed by atoms with Gasteiger partial charge in [0.2, 0.25) is 0 Å². The number of aliphatic hydroxyl groups excluding tert-OH is 2. The third kappa shape index (κ3) is 7.01. The Morgan fingerprint density at radius 3 is 2.59 bits per heavy atom. The van der Waals surface area contributed by atoms with Crippen LogP contribution in [-0.4, -0.2) is 88.6 Å². The van der Waals surface area contributed by atoms with Gasteiger partial charge in [-0.05, 0) is 62.3 Å². The highest BCUT2D eigenvalue weighted by Crippen LogP contribution is 2.48. The van der Waals surface area contributed by atoms with Gasteiger partial charge in [0, 0.05) is 43.1 Å². The Morgan fingerprint density at radius 1 is 1.20 bits per heavy atom. The molecule has 1 saturated carbocycles. The summed E-state index contributed by atoms with van der Waals surface area (Å²) in [7, 11) is 2.69. The summed E-state index contributed by atoms with van der Waals surface area (Å²) < 4.78 is 21.7. The zero-order valence-corrected chi connectivity index (χ0v) is 26.1. The summed E-state index contributed by atoms with van der Waals surface area (Å²) in [5, 5.41) is 33.6. The number of aromatic amines is 1. The number of hydrogen-bond donors (Lipinski definition) is 4. The minimum Gasteiger partial charge on any atom is -0.466 e. The van der Waals surface area contributed by atoms with Crippen molar-refractivity contribution in [3.8, 4) is 0 Å². The fourth-order valence-electron chi connectivity index (χ4n) is 6.94. The second-order valence-electron chi connectivity index (χ2n) is 12.5. The monoisotopic (exact) mass is 615 g/mol. The van der Waals surface area contributed by atoms with Crippen LogP contribution < -0.4 is 0 Å². The standard InChI is InChI=1S/C33H45NO10/c1-17-11-18(2)33(40)15-22(8-9-23(33)13-27(41-5)32(39)43-29(17)20(4)35)24-14-26(36)19(3)30(24)44-31(38)25-12-21(16-34-25)7-10-28(37)42-6/h7-12,16-17,19-20,22-24,26-27,29-30,34-36,40H,13-15H2,1-6H3/b10-7+,18-11+/t17-,19-,20?,22-,23?,24-,26+,27+,29+,30-,33+/m1/s1. The van der Waals surface area contributed by atoms with Gasteiger partial charge >= 0.3 is 17.9 Å². The van der Waals surface area contributed by atoms with Gasteiger partial charge in [-0.25, -0.2) is 14.4 Å². The average molecular weight is 616 g/mol. The number of allylic oxidation sites excluding steroid dienone is 1. The molecule has 0 amide bonds. The van der Waals surface area contributed by atoms with E-state index < -0.39 is 65.9 Å². The molecule has 1 aromatic rings. The van der Waals surface area contributed by atoms with Crippen LogP contribution in [0.25, 0.3) is 6.08 Å². The third-order valence-corrected chi connectivity index (χ3v) is 9.60. The number of H-pyrrole nitrogens is 1. The number of carbonyl (C=O) groups is 3. The summed E-state index contributed by atoms with van der Waals surface area (Å²) >= 11 is 0. The lowest BCUT2D eigenvalue weighted by Crippen LogP contribution is -2.49. The van der Waals surface area contributed by atoms with Gasteiger partial charge in [0.05, 0.1) is 24.9 Å². The van der Waals surface area contributed by atoms with Crippen LogP contribution in [-0.2, 0) is 28.5 Å². The molecule has 2 unspecified atom stereocenters. The summed E-state index contributed by atoms with van der Waals surface area (Å²) in [6.07, 6.45) is 6.85. The molecule has 1 fully saturated rings. The molecule has 2 heterocycles. The number of nitrogens with one attached hydrogen (secondary N) is 1.